The van der Waals surface area contributed by atoms with E-state index in [2.05, 4.69) is 65.0 Å². The monoisotopic (exact) mass is 1190 g/mol. The van der Waals surface area contributed by atoms with Gasteiger partial charge in [0.05, 0.1) is 1.37 Å². The van der Waals surface area contributed by atoms with Gasteiger partial charge in [0.15, 0.2) is 0 Å². The molecule has 0 spiro atoms. The number of benzene rings is 9. The first kappa shape index (κ1) is 36.7. The molecule has 0 atom stereocenters. The number of rotatable bonds is 10. The molecule has 0 fully saturated rings. The van der Waals surface area contributed by atoms with Crippen LogP contribution in [0.4, 0.5) is 11.5 Å². The average molecular weight is 1190 g/mol. The third kappa shape index (κ3) is 8.58. The van der Waals surface area contributed by atoms with E-state index in [0.29, 0.717) is 54.5 Å². The van der Waals surface area contributed by atoms with Crippen LogP contribution in [0.3, 0.4) is 0 Å². The number of para-hydroxylation sites is 4. The van der Waals surface area contributed by atoms with Crippen LogP contribution in [0.1, 0.15) is 69.1 Å². The van der Waals surface area contributed by atoms with Gasteiger partial charge in [-0.05, 0) is 6.07 Å². The van der Waals surface area contributed by atoms with Crippen molar-refractivity contribution in [2.45, 2.75) is 53.3 Å². The second kappa shape index (κ2) is 19.1. The van der Waals surface area contributed by atoms with Crippen LogP contribution in [-0.2, 0) is 31.1 Å². The fourth-order valence-corrected chi connectivity index (χ4v) is 12.1. The SMILES string of the molecule is [2H]c1c([2H])c([2H])c(-c2cc(C([2H])([2H])C(C)(C)C)cc(-c3ccccc3)c2-n2[c](=[Pt])n(-c3cccc(Oc4nc(N5B(c6ccccc6)n6c7ccccc7c7cccc5c76)cc(C(C)(C)C)c4-c4c([2H])c([2H])c([2H])c([2H])c4[2H])c3)c3ccccc32)c([2H])c1[2H]. The summed E-state index contributed by atoms with van der Waals surface area (Å²) < 4.78 is 124. The first-order valence-corrected chi connectivity index (χ1v) is 26.7. The van der Waals surface area contributed by atoms with Gasteiger partial charge in [0.2, 0.25) is 0 Å². The topological polar surface area (TPSA) is 40.1 Å². The summed E-state index contributed by atoms with van der Waals surface area (Å²) >= 11 is 2.24. The van der Waals surface area contributed by atoms with Gasteiger partial charge in [0.1, 0.15) is 0 Å². The van der Waals surface area contributed by atoms with Gasteiger partial charge >= 0.3 is 397 Å². The molecule has 12 aromatic rings. The molecule has 0 bridgehead atoms. The number of nitrogens with zero attached hydrogens (tertiary/aromatic N) is 5. The van der Waals surface area contributed by atoms with Gasteiger partial charge < -0.3 is 0 Å². The number of hydrogen-bond donors (Lipinski definition) is 0. The molecular weight excluding hydrogens is 1120 g/mol. The predicted molar refractivity (Wildman–Crippen MR) is 317 cm³/mol. The van der Waals surface area contributed by atoms with Gasteiger partial charge in [0, 0.05) is 16.3 Å². The number of hydrogen-bond acceptors (Lipinski definition) is 3. The van der Waals surface area contributed by atoms with E-state index < -0.39 is 84.6 Å². The summed E-state index contributed by atoms with van der Waals surface area (Å²) in [7, 11) is 0. The number of ether oxygens (including phenoxy) is 1. The summed E-state index contributed by atoms with van der Waals surface area (Å²) in [6.45, 7) is 11.0. The van der Waals surface area contributed by atoms with Crippen molar-refractivity contribution < 1.29 is 40.5 Å². The first-order chi connectivity index (χ1) is 42.3. The molecular formula is C69H58BN5OPt. The summed E-state index contributed by atoms with van der Waals surface area (Å²) in [5.74, 6) is 0.779. The fourth-order valence-electron chi connectivity index (χ4n) is 11.0. The molecule has 378 valence electrons. The van der Waals surface area contributed by atoms with E-state index in [0.717, 1.165) is 33.0 Å². The van der Waals surface area contributed by atoms with E-state index in [1.165, 1.54) is 0 Å². The molecule has 9 aromatic carbocycles. The Bertz CT molecular complexity index is 4940. The predicted octanol–water partition coefficient (Wildman–Crippen LogP) is 17.1. The standard InChI is InChI=1S/C69H58BN5O.Pt/c1-68(2,3)45-47-41-56(48-25-11-7-12-26-48)65(57(42-47)49-27-13-8-14-28-49)73-46-72(60-38-21-22-39-61(60)73)52-33-23-34-53(43-52)76-67-64(50-29-15-9-16-30-50)58(69(4,5)6)44-63(71-67)74-62-40-24-36-55-54-35-19-20-37-59(54)75(66(55)62)70(74)51-31-17-10-18-32-51;/h7-44H,45H2,1-6H3;/i7D,9D,11D,12D,15D,16D,25D,26D,29D,30D,45D2;. The first-order valence-electron chi connectivity index (χ1n) is 31.6. The second-order valence-electron chi connectivity index (χ2n) is 21.3. The summed E-state index contributed by atoms with van der Waals surface area (Å²) in [6, 6.07) is 49.8. The minimum absolute atomic E-state index is 0.00298. The Hall–Kier alpha value is -8.25. The van der Waals surface area contributed by atoms with E-state index in [4.69, 9.17) is 17.9 Å². The minimum atomic E-state index is -1.99. The van der Waals surface area contributed by atoms with E-state index in [1.807, 2.05) is 151 Å². The third-order valence-corrected chi connectivity index (χ3v) is 15.1. The Morgan fingerprint density at radius 1 is 0.584 bits per heavy atom. The zero-order chi connectivity index (χ0) is 63.1. The van der Waals surface area contributed by atoms with Crippen molar-refractivity contribution in [3.63, 3.8) is 0 Å². The van der Waals surface area contributed by atoms with Gasteiger partial charge in [-0.15, -0.1) is 0 Å². The number of fused-ring (bicyclic) bond motifs is 4. The molecule has 0 N–H and O–H groups in total. The normalized spacial score (nSPS) is 15.0. The molecule has 0 radical (unpaired) electrons. The molecule has 77 heavy (non-hydrogen) atoms. The summed E-state index contributed by atoms with van der Waals surface area (Å²) in [4.78, 5) is 7.67. The van der Waals surface area contributed by atoms with Gasteiger partial charge in [-0.2, -0.15) is 0 Å². The molecule has 6 nitrogen and oxygen atoms in total. The molecule has 0 amide bonds. The summed E-state index contributed by atoms with van der Waals surface area (Å²) in [5.41, 5.74) is 7.05. The van der Waals surface area contributed by atoms with Gasteiger partial charge in [-0.3, -0.25) is 0 Å². The van der Waals surface area contributed by atoms with Crippen molar-refractivity contribution in [3.05, 3.63) is 245 Å². The molecule has 1 aliphatic rings. The molecule has 13 rings (SSSR count). The van der Waals surface area contributed by atoms with Crippen molar-refractivity contribution in [3.8, 4) is 56.4 Å². The van der Waals surface area contributed by atoms with Crippen LogP contribution in [0, 0.1) is 9.22 Å². The fraction of sp³-hybridized carbons (Fsp3) is 0.130. The van der Waals surface area contributed by atoms with Crippen LogP contribution in [-0.4, -0.2) is 25.6 Å². The van der Waals surface area contributed by atoms with Crippen LogP contribution in [0.2, 0.25) is 0 Å². The maximum atomic E-state index is 9.64. The van der Waals surface area contributed by atoms with E-state index >= 15 is 0 Å². The van der Waals surface area contributed by atoms with Gasteiger partial charge in [0.25, 0.3) is 0 Å². The van der Waals surface area contributed by atoms with Crippen molar-refractivity contribution in [2.75, 3.05) is 4.81 Å². The zero-order valence-corrected chi connectivity index (χ0v) is 45.5. The van der Waals surface area contributed by atoms with Crippen LogP contribution in [0.15, 0.2) is 230 Å². The maximum absolute atomic E-state index is 9.64. The Labute approximate surface area is 478 Å². The van der Waals surface area contributed by atoms with Crippen molar-refractivity contribution in [1.29, 1.82) is 0 Å². The van der Waals surface area contributed by atoms with E-state index in [9.17, 15) is 8.22 Å². The number of aromatic nitrogens is 4. The van der Waals surface area contributed by atoms with Crippen molar-refractivity contribution in [2.24, 2.45) is 5.41 Å². The molecule has 0 saturated heterocycles. The molecule has 3 aromatic heterocycles. The van der Waals surface area contributed by atoms with Gasteiger partial charge in [-0.1, -0.05) is 60.7 Å². The molecule has 1 aliphatic heterocycles. The molecule has 0 unspecified atom stereocenters. The van der Waals surface area contributed by atoms with Crippen molar-refractivity contribution >= 4 is 56.8 Å². The average Bonchev–Trinajstić information content (AvgIpc) is 1.60. The Morgan fingerprint density at radius 3 is 1.87 bits per heavy atom. The summed E-state index contributed by atoms with van der Waals surface area (Å²) in [6.07, 6.45) is -1.99. The van der Waals surface area contributed by atoms with Crippen LogP contribution < -0.4 is 15.0 Å². The Balaban J connectivity index is 1.07. The van der Waals surface area contributed by atoms with Crippen LogP contribution in [0.5, 0.6) is 11.6 Å². The van der Waals surface area contributed by atoms with E-state index in [1.54, 1.807) is 32.9 Å². The van der Waals surface area contributed by atoms with E-state index in [-0.39, 0.29) is 33.7 Å². The summed E-state index contributed by atoms with van der Waals surface area (Å²) in [5, 5.41) is 2.17. The Kier molecular flexibility index (Phi) is 9.10. The molecule has 0 saturated carbocycles. The number of imidazole rings is 1. The second-order valence-corrected chi connectivity index (χ2v) is 22.4. The number of pyridine rings is 1. The van der Waals surface area contributed by atoms with Crippen LogP contribution >= 0.6 is 0 Å². The molecule has 4 heterocycles. The molecule has 8 heteroatoms. The Morgan fingerprint density at radius 2 is 1.18 bits per heavy atom. The quantitative estimate of drug-likeness (QED) is 0.128. The van der Waals surface area contributed by atoms with Crippen LogP contribution in [0.25, 0.3) is 77.6 Å². The van der Waals surface area contributed by atoms with Crippen molar-refractivity contribution in [1.82, 2.24) is 18.6 Å². The number of anilines is 2. The zero-order valence-electron chi connectivity index (χ0n) is 55.2. The molecule has 0 aliphatic carbocycles. The van der Waals surface area contributed by atoms with Gasteiger partial charge in [-0.25, -0.2) is 0 Å². The third-order valence-electron chi connectivity index (χ3n) is 14.0.